The van der Waals surface area contributed by atoms with E-state index in [0.717, 1.165) is 32.3 Å². The minimum Gasteiger partial charge on any atom is -0.376 e. The molecule has 2 aliphatic rings. The Bertz CT molecular complexity index is 625. The molecule has 8 nitrogen and oxygen atoms in total. The van der Waals surface area contributed by atoms with Gasteiger partial charge in [0.2, 0.25) is 11.8 Å². The Labute approximate surface area is 151 Å². The monoisotopic (exact) mass is 367 g/mol. The van der Waals surface area contributed by atoms with Gasteiger partial charge in [0, 0.05) is 25.5 Å². The van der Waals surface area contributed by atoms with Crippen molar-refractivity contribution in [3.05, 3.63) is 5.82 Å². The van der Waals surface area contributed by atoms with Crippen LogP contribution < -0.4 is 11.1 Å². The maximum Gasteiger partial charge on any atom is 0.233 e. The number of carbonyl (C=O) groups excluding carboxylic acids is 2. The van der Waals surface area contributed by atoms with Crippen molar-refractivity contribution in [3.8, 4) is 0 Å². The van der Waals surface area contributed by atoms with Crippen molar-refractivity contribution >= 4 is 23.6 Å². The number of thioether (sulfide) groups is 1. The van der Waals surface area contributed by atoms with E-state index in [1.54, 1.807) is 0 Å². The van der Waals surface area contributed by atoms with Crippen LogP contribution in [0.15, 0.2) is 5.16 Å². The van der Waals surface area contributed by atoms with Crippen LogP contribution in [0.1, 0.15) is 44.9 Å². The molecule has 1 saturated heterocycles. The Morgan fingerprint density at radius 3 is 2.84 bits per heavy atom. The molecule has 3 N–H and O–H groups in total. The first kappa shape index (κ1) is 18.2. The molecule has 2 amide bonds. The van der Waals surface area contributed by atoms with E-state index in [-0.39, 0.29) is 29.6 Å². The molecule has 1 aliphatic heterocycles. The average molecular weight is 367 g/mol. The topological polar surface area (TPSA) is 112 Å². The van der Waals surface area contributed by atoms with Gasteiger partial charge in [-0.3, -0.25) is 9.59 Å². The standard InChI is InChI=1S/C16H25N5O3S/c1-10(15(23)18-11-4-5-11)25-16-20-19-14(7-6-13(17)22)21(16)9-12-3-2-8-24-12/h10-12H,2-9H2,1H3,(H2,17,22)(H,18,23). The molecule has 2 atom stereocenters. The van der Waals surface area contributed by atoms with E-state index in [0.29, 0.717) is 30.0 Å². The molecular weight excluding hydrogens is 342 g/mol. The Kier molecular flexibility index (Phi) is 5.95. The number of nitrogens with zero attached hydrogens (tertiary/aromatic N) is 3. The van der Waals surface area contributed by atoms with Crippen LogP contribution >= 0.6 is 11.8 Å². The summed E-state index contributed by atoms with van der Waals surface area (Å²) in [6.45, 7) is 3.28. The number of hydrogen-bond donors (Lipinski definition) is 2. The molecule has 0 aromatic carbocycles. The highest BCUT2D eigenvalue weighted by molar-refractivity contribution is 8.00. The van der Waals surface area contributed by atoms with Crippen molar-refractivity contribution in [3.63, 3.8) is 0 Å². The lowest BCUT2D eigenvalue weighted by molar-refractivity contribution is -0.120. The van der Waals surface area contributed by atoms with Crippen molar-refractivity contribution in [2.24, 2.45) is 5.73 Å². The van der Waals surface area contributed by atoms with E-state index in [4.69, 9.17) is 10.5 Å². The lowest BCUT2D eigenvalue weighted by atomic mass is 10.2. The zero-order valence-corrected chi connectivity index (χ0v) is 15.3. The van der Waals surface area contributed by atoms with Gasteiger partial charge >= 0.3 is 0 Å². The quantitative estimate of drug-likeness (QED) is 0.619. The molecule has 1 aromatic heterocycles. The summed E-state index contributed by atoms with van der Waals surface area (Å²) in [5.74, 6) is 0.377. The van der Waals surface area contributed by atoms with Gasteiger partial charge in [0.25, 0.3) is 0 Å². The highest BCUT2D eigenvalue weighted by Crippen LogP contribution is 2.26. The van der Waals surface area contributed by atoms with Gasteiger partial charge < -0.3 is 20.4 Å². The van der Waals surface area contributed by atoms with Gasteiger partial charge in [-0.05, 0) is 32.6 Å². The molecule has 9 heteroatoms. The molecule has 25 heavy (non-hydrogen) atoms. The largest absolute Gasteiger partial charge is 0.376 e. The van der Waals surface area contributed by atoms with Crippen LogP contribution in [0.4, 0.5) is 0 Å². The number of ether oxygens (including phenoxy) is 1. The van der Waals surface area contributed by atoms with Crippen molar-refractivity contribution in [1.82, 2.24) is 20.1 Å². The maximum atomic E-state index is 12.2. The molecule has 0 radical (unpaired) electrons. The van der Waals surface area contributed by atoms with Gasteiger partial charge in [-0.15, -0.1) is 10.2 Å². The summed E-state index contributed by atoms with van der Waals surface area (Å²) in [7, 11) is 0. The van der Waals surface area contributed by atoms with Crippen LogP contribution in [-0.4, -0.2) is 50.6 Å². The molecule has 0 spiro atoms. The molecule has 0 bridgehead atoms. The first-order valence-electron chi connectivity index (χ1n) is 8.82. The molecule has 1 saturated carbocycles. The molecule has 1 aliphatic carbocycles. The number of carbonyl (C=O) groups is 2. The van der Waals surface area contributed by atoms with Gasteiger partial charge in [-0.25, -0.2) is 0 Å². The molecular formula is C16H25N5O3S. The number of nitrogens with one attached hydrogen (secondary N) is 1. The maximum absolute atomic E-state index is 12.2. The van der Waals surface area contributed by atoms with Gasteiger partial charge in [0.1, 0.15) is 5.82 Å². The summed E-state index contributed by atoms with van der Waals surface area (Å²) in [6.07, 6.45) is 4.97. The van der Waals surface area contributed by atoms with Crippen molar-refractivity contribution in [2.75, 3.05) is 6.61 Å². The van der Waals surface area contributed by atoms with Gasteiger partial charge in [-0.2, -0.15) is 0 Å². The number of aryl methyl sites for hydroxylation is 1. The number of aromatic nitrogens is 3. The van der Waals surface area contributed by atoms with E-state index in [1.165, 1.54) is 11.8 Å². The molecule has 1 aromatic rings. The first-order valence-corrected chi connectivity index (χ1v) is 9.70. The van der Waals surface area contributed by atoms with Crippen LogP contribution in [0, 0.1) is 0 Å². The van der Waals surface area contributed by atoms with Gasteiger partial charge in [-0.1, -0.05) is 11.8 Å². The van der Waals surface area contributed by atoms with Crippen molar-refractivity contribution < 1.29 is 14.3 Å². The summed E-state index contributed by atoms with van der Waals surface area (Å²) in [5, 5.41) is 11.9. The van der Waals surface area contributed by atoms with Crippen molar-refractivity contribution in [1.29, 1.82) is 0 Å². The number of nitrogens with two attached hydrogens (primary N) is 1. The van der Waals surface area contributed by atoms with Crippen LogP contribution in [0.25, 0.3) is 0 Å². The predicted molar refractivity (Wildman–Crippen MR) is 93.0 cm³/mol. The number of rotatable bonds is 9. The van der Waals surface area contributed by atoms with Crippen LogP contribution in [0.3, 0.4) is 0 Å². The summed E-state index contributed by atoms with van der Waals surface area (Å²) < 4.78 is 7.70. The zero-order valence-electron chi connectivity index (χ0n) is 14.4. The zero-order chi connectivity index (χ0) is 17.8. The highest BCUT2D eigenvalue weighted by atomic mass is 32.2. The van der Waals surface area contributed by atoms with E-state index in [2.05, 4.69) is 15.5 Å². The van der Waals surface area contributed by atoms with E-state index >= 15 is 0 Å². The highest BCUT2D eigenvalue weighted by Gasteiger charge is 2.28. The second kappa shape index (κ2) is 8.18. The fourth-order valence-corrected chi connectivity index (χ4v) is 3.65. The smallest absolute Gasteiger partial charge is 0.233 e. The van der Waals surface area contributed by atoms with Crippen LogP contribution in [-0.2, 0) is 27.3 Å². The summed E-state index contributed by atoms with van der Waals surface area (Å²) in [4.78, 5) is 23.3. The number of amides is 2. The second-order valence-corrected chi connectivity index (χ2v) is 7.96. The number of hydrogen-bond acceptors (Lipinski definition) is 6. The number of primary amides is 1. The van der Waals surface area contributed by atoms with E-state index in [1.807, 2.05) is 11.5 Å². The third-order valence-corrected chi connectivity index (χ3v) is 5.45. The fraction of sp³-hybridized carbons (Fsp3) is 0.750. The first-order chi connectivity index (χ1) is 12.0. The second-order valence-electron chi connectivity index (χ2n) is 6.65. The third-order valence-electron chi connectivity index (χ3n) is 4.37. The average Bonchev–Trinajstić information content (AvgIpc) is 3.09. The van der Waals surface area contributed by atoms with Crippen molar-refractivity contribution in [2.45, 2.75) is 74.5 Å². The molecule has 3 rings (SSSR count). The normalized spacial score (nSPS) is 21.2. The van der Waals surface area contributed by atoms with E-state index < -0.39 is 0 Å². The Morgan fingerprint density at radius 2 is 2.20 bits per heavy atom. The Balaban J connectivity index is 1.69. The van der Waals surface area contributed by atoms with Crippen LogP contribution in [0.5, 0.6) is 0 Å². The minimum atomic E-state index is -0.363. The summed E-state index contributed by atoms with van der Waals surface area (Å²) in [6, 6.07) is 0.339. The molecule has 2 fully saturated rings. The van der Waals surface area contributed by atoms with Crippen LogP contribution in [0.2, 0.25) is 0 Å². The van der Waals surface area contributed by atoms with Gasteiger partial charge in [0.15, 0.2) is 5.16 Å². The Hall–Kier alpha value is -1.61. The molecule has 138 valence electrons. The summed E-state index contributed by atoms with van der Waals surface area (Å²) in [5.41, 5.74) is 5.25. The van der Waals surface area contributed by atoms with Gasteiger partial charge in [0.05, 0.1) is 17.9 Å². The molecule has 2 heterocycles. The molecule has 2 unspecified atom stereocenters. The summed E-state index contributed by atoms with van der Waals surface area (Å²) >= 11 is 1.39. The SMILES string of the molecule is CC(Sc1nnc(CCC(N)=O)n1CC1CCCO1)C(=O)NC1CC1. The Morgan fingerprint density at radius 1 is 1.40 bits per heavy atom. The minimum absolute atomic E-state index is 0.0258. The fourth-order valence-electron chi connectivity index (χ4n) is 2.76. The van der Waals surface area contributed by atoms with E-state index in [9.17, 15) is 9.59 Å². The third kappa shape index (κ3) is 5.18. The predicted octanol–water partition coefficient (Wildman–Crippen LogP) is 0.634. The lowest BCUT2D eigenvalue weighted by Gasteiger charge is -2.16. The lowest BCUT2D eigenvalue weighted by Crippen LogP contribution is -2.32.